The van der Waals surface area contributed by atoms with Crippen molar-refractivity contribution in [2.45, 2.75) is 39.0 Å². The van der Waals surface area contributed by atoms with E-state index in [2.05, 4.69) is 0 Å². The lowest BCUT2D eigenvalue weighted by Crippen LogP contribution is -2.35. The van der Waals surface area contributed by atoms with Gasteiger partial charge in [0, 0.05) is 13.6 Å². The fraction of sp³-hybridized carbons (Fsp3) is 0.833. The van der Waals surface area contributed by atoms with E-state index in [1.54, 1.807) is 11.8 Å². The first-order chi connectivity index (χ1) is 7.15. The van der Waals surface area contributed by atoms with Gasteiger partial charge < -0.3 is 4.90 Å². The van der Waals surface area contributed by atoms with Crippen molar-refractivity contribution in [3.63, 3.8) is 0 Å². The summed E-state index contributed by atoms with van der Waals surface area (Å²) in [5, 5.41) is 8.66. The fourth-order valence-electron chi connectivity index (χ4n) is 2.23. The minimum atomic E-state index is -0.501. The van der Waals surface area contributed by atoms with E-state index in [0.717, 1.165) is 6.54 Å². The third-order valence-electron chi connectivity index (χ3n) is 3.20. The van der Waals surface area contributed by atoms with Crippen molar-refractivity contribution in [2.75, 3.05) is 13.6 Å². The van der Waals surface area contributed by atoms with Gasteiger partial charge in [0.05, 0.1) is 6.07 Å². The van der Waals surface area contributed by atoms with Crippen LogP contribution >= 0.6 is 0 Å². The number of hydrogen-bond acceptors (Lipinski definition) is 2. The van der Waals surface area contributed by atoms with E-state index in [4.69, 9.17) is 5.26 Å². The van der Waals surface area contributed by atoms with Gasteiger partial charge in [0.25, 0.3) is 0 Å². The van der Waals surface area contributed by atoms with Crippen LogP contribution in [-0.4, -0.2) is 24.4 Å². The molecule has 0 bridgehead atoms. The van der Waals surface area contributed by atoms with E-state index < -0.39 is 5.92 Å². The molecular weight excluding hydrogens is 188 g/mol. The van der Waals surface area contributed by atoms with Gasteiger partial charge in [-0.15, -0.1) is 0 Å². The summed E-state index contributed by atoms with van der Waals surface area (Å²) in [6.07, 6.45) is 6.39. The predicted octanol–water partition coefficient (Wildman–Crippen LogP) is 2.18. The molecule has 0 aromatic carbocycles. The minimum Gasteiger partial charge on any atom is -0.344 e. The van der Waals surface area contributed by atoms with E-state index in [-0.39, 0.29) is 5.91 Å². The smallest absolute Gasteiger partial charge is 0.239 e. The quantitative estimate of drug-likeness (QED) is 0.713. The highest BCUT2D eigenvalue weighted by molar-refractivity contribution is 5.80. The lowest BCUT2D eigenvalue weighted by Gasteiger charge is -2.27. The van der Waals surface area contributed by atoms with Crippen LogP contribution in [0.2, 0.25) is 0 Å². The van der Waals surface area contributed by atoms with Crippen LogP contribution in [0.4, 0.5) is 0 Å². The Morgan fingerprint density at radius 2 is 2.07 bits per heavy atom. The third kappa shape index (κ3) is 3.54. The van der Waals surface area contributed by atoms with Crippen LogP contribution in [0.1, 0.15) is 39.0 Å². The molecule has 1 amide bonds. The SMILES string of the molecule is CC(C#N)C(=O)N(C)CC1CCCCC1. The molecule has 84 valence electrons. The molecule has 0 heterocycles. The van der Waals surface area contributed by atoms with Crippen molar-refractivity contribution in [3.05, 3.63) is 0 Å². The average molecular weight is 208 g/mol. The standard InChI is InChI=1S/C12H20N2O/c1-10(8-13)12(15)14(2)9-11-6-4-3-5-7-11/h10-11H,3-7,9H2,1-2H3. The molecule has 1 aliphatic carbocycles. The zero-order valence-electron chi connectivity index (χ0n) is 9.70. The van der Waals surface area contributed by atoms with E-state index in [9.17, 15) is 4.79 Å². The molecule has 0 N–H and O–H groups in total. The predicted molar refractivity (Wildman–Crippen MR) is 59.0 cm³/mol. The van der Waals surface area contributed by atoms with Gasteiger partial charge in [-0.2, -0.15) is 5.26 Å². The van der Waals surface area contributed by atoms with Crippen molar-refractivity contribution >= 4 is 5.91 Å². The largest absolute Gasteiger partial charge is 0.344 e. The number of carbonyl (C=O) groups excluding carboxylic acids is 1. The van der Waals surface area contributed by atoms with Crippen molar-refractivity contribution < 1.29 is 4.79 Å². The highest BCUT2D eigenvalue weighted by atomic mass is 16.2. The van der Waals surface area contributed by atoms with Crippen LogP contribution in [0.25, 0.3) is 0 Å². The molecule has 0 aromatic rings. The Balaban J connectivity index is 2.37. The second-order valence-electron chi connectivity index (χ2n) is 4.57. The number of amides is 1. The lowest BCUT2D eigenvalue weighted by molar-refractivity contribution is -0.132. The van der Waals surface area contributed by atoms with Gasteiger partial charge in [-0.25, -0.2) is 0 Å². The summed E-state index contributed by atoms with van der Waals surface area (Å²) in [5.74, 6) is 0.111. The van der Waals surface area contributed by atoms with Crippen molar-refractivity contribution in [1.29, 1.82) is 5.26 Å². The Kier molecular flexibility index (Phi) is 4.61. The van der Waals surface area contributed by atoms with Gasteiger partial charge in [-0.3, -0.25) is 4.79 Å². The highest BCUT2D eigenvalue weighted by Crippen LogP contribution is 2.24. The molecule has 1 unspecified atom stereocenters. The number of carbonyl (C=O) groups is 1. The van der Waals surface area contributed by atoms with Crippen LogP contribution in [-0.2, 0) is 4.79 Å². The molecule has 15 heavy (non-hydrogen) atoms. The summed E-state index contributed by atoms with van der Waals surface area (Å²) >= 11 is 0. The van der Waals surface area contributed by atoms with Crippen LogP contribution in [0.3, 0.4) is 0 Å². The van der Waals surface area contributed by atoms with Crippen molar-refractivity contribution in [3.8, 4) is 6.07 Å². The number of hydrogen-bond donors (Lipinski definition) is 0. The highest BCUT2D eigenvalue weighted by Gasteiger charge is 2.21. The molecule has 1 rings (SSSR count). The molecule has 0 aromatic heterocycles. The second kappa shape index (κ2) is 5.75. The van der Waals surface area contributed by atoms with Crippen LogP contribution in [0.15, 0.2) is 0 Å². The Bertz CT molecular complexity index is 251. The van der Waals surface area contributed by atoms with E-state index in [0.29, 0.717) is 5.92 Å². The maximum Gasteiger partial charge on any atom is 0.239 e. The second-order valence-corrected chi connectivity index (χ2v) is 4.57. The molecule has 3 heteroatoms. The van der Waals surface area contributed by atoms with Crippen molar-refractivity contribution in [2.24, 2.45) is 11.8 Å². The maximum atomic E-state index is 11.7. The zero-order chi connectivity index (χ0) is 11.3. The summed E-state index contributed by atoms with van der Waals surface area (Å²) in [6.45, 7) is 2.49. The van der Waals surface area contributed by atoms with Gasteiger partial charge in [0.2, 0.25) is 5.91 Å². The molecule has 0 spiro atoms. The third-order valence-corrected chi connectivity index (χ3v) is 3.20. The lowest BCUT2D eigenvalue weighted by atomic mass is 9.89. The minimum absolute atomic E-state index is 0.0388. The Morgan fingerprint density at radius 1 is 1.47 bits per heavy atom. The topological polar surface area (TPSA) is 44.1 Å². The Morgan fingerprint density at radius 3 is 2.60 bits per heavy atom. The van der Waals surface area contributed by atoms with Gasteiger partial charge in [0.1, 0.15) is 5.92 Å². The van der Waals surface area contributed by atoms with Gasteiger partial charge in [0.15, 0.2) is 0 Å². The molecule has 1 fully saturated rings. The zero-order valence-corrected chi connectivity index (χ0v) is 9.70. The Labute approximate surface area is 92.1 Å². The first-order valence-corrected chi connectivity index (χ1v) is 5.79. The Hall–Kier alpha value is -1.04. The van der Waals surface area contributed by atoms with Crippen molar-refractivity contribution in [1.82, 2.24) is 4.90 Å². The van der Waals surface area contributed by atoms with E-state index >= 15 is 0 Å². The number of rotatable bonds is 3. The number of nitrogens with zero attached hydrogens (tertiary/aromatic N) is 2. The molecule has 1 saturated carbocycles. The van der Waals surface area contributed by atoms with Gasteiger partial charge >= 0.3 is 0 Å². The maximum absolute atomic E-state index is 11.7. The fourth-order valence-corrected chi connectivity index (χ4v) is 2.23. The van der Waals surface area contributed by atoms with Gasteiger partial charge in [-0.05, 0) is 25.7 Å². The molecule has 0 saturated heterocycles. The molecular formula is C12H20N2O. The van der Waals surface area contributed by atoms with E-state index in [1.807, 2.05) is 13.1 Å². The molecule has 3 nitrogen and oxygen atoms in total. The first-order valence-electron chi connectivity index (χ1n) is 5.79. The molecule has 0 radical (unpaired) electrons. The summed E-state index contributed by atoms with van der Waals surface area (Å²) in [5.41, 5.74) is 0. The number of nitriles is 1. The van der Waals surface area contributed by atoms with Crippen LogP contribution in [0.5, 0.6) is 0 Å². The van der Waals surface area contributed by atoms with Crippen LogP contribution in [0, 0.1) is 23.2 Å². The first kappa shape index (κ1) is 12.0. The summed E-state index contributed by atoms with van der Waals surface area (Å²) in [6, 6.07) is 1.99. The van der Waals surface area contributed by atoms with Gasteiger partial charge in [-0.1, -0.05) is 19.3 Å². The molecule has 0 aliphatic heterocycles. The monoisotopic (exact) mass is 208 g/mol. The summed E-state index contributed by atoms with van der Waals surface area (Å²) in [4.78, 5) is 13.4. The average Bonchev–Trinajstić information content (AvgIpc) is 2.28. The summed E-state index contributed by atoms with van der Waals surface area (Å²) < 4.78 is 0. The molecule has 1 aliphatic rings. The summed E-state index contributed by atoms with van der Waals surface area (Å²) in [7, 11) is 1.81. The van der Waals surface area contributed by atoms with Crippen LogP contribution < -0.4 is 0 Å². The van der Waals surface area contributed by atoms with E-state index in [1.165, 1.54) is 32.1 Å². The normalized spacial score (nSPS) is 19.3. The molecule has 1 atom stereocenters.